The lowest BCUT2D eigenvalue weighted by atomic mass is 9.90. The molecule has 2 heteroatoms. The van der Waals surface area contributed by atoms with Crippen molar-refractivity contribution in [1.82, 2.24) is 4.90 Å². The van der Waals surface area contributed by atoms with Gasteiger partial charge < -0.3 is 5.73 Å². The van der Waals surface area contributed by atoms with Gasteiger partial charge in [-0.25, -0.2) is 0 Å². The molecule has 0 amide bonds. The van der Waals surface area contributed by atoms with E-state index in [4.69, 9.17) is 5.73 Å². The molecule has 1 aromatic carbocycles. The lowest BCUT2D eigenvalue weighted by molar-refractivity contribution is 0.0943. The van der Waals surface area contributed by atoms with Gasteiger partial charge in [-0.15, -0.1) is 0 Å². The van der Waals surface area contributed by atoms with E-state index in [1.54, 1.807) is 0 Å². The summed E-state index contributed by atoms with van der Waals surface area (Å²) >= 11 is 0. The zero-order chi connectivity index (χ0) is 13.8. The minimum Gasteiger partial charge on any atom is -0.329 e. The van der Waals surface area contributed by atoms with Gasteiger partial charge in [0.2, 0.25) is 0 Å². The molecule has 0 aromatic heterocycles. The molecule has 1 aromatic rings. The molecule has 0 aliphatic carbocycles. The van der Waals surface area contributed by atoms with Gasteiger partial charge in [0.25, 0.3) is 0 Å². The van der Waals surface area contributed by atoms with Gasteiger partial charge in [0.15, 0.2) is 0 Å². The van der Waals surface area contributed by atoms with Gasteiger partial charge in [0.05, 0.1) is 0 Å². The number of rotatable bonds is 4. The van der Waals surface area contributed by atoms with Crippen molar-refractivity contribution < 1.29 is 0 Å². The minimum atomic E-state index is 0.395. The zero-order valence-corrected chi connectivity index (χ0v) is 12.7. The SMILES string of the molecule is CCC1CCCCN1C(CN)c1c(C)cccc1C. The summed E-state index contributed by atoms with van der Waals surface area (Å²) < 4.78 is 0. The molecule has 0 radical (unpaired) electrons. The highest BCUT2D eigenvalue weighted by atomic mass is 15.2. The summed E-state index contributed by atoms with van der Waals surface area (Å²) in [5.41, 5.74) is 10.4. The van der Waals surface area contributed by atoms with Crippen LogP contribution in [0.2, 0.25) is 0 Å². The first-order chi connectivity index (χ1) is 9.19. The Labute approximate surface area is 118 Å². The van der Waals surface area contributed by atoms with Crippen LogP contribution in [0.25, 0.3) is 0 Å². The molecule has 1 saturated heterocycles. The Morgan fingerprint density at radius 3 is 2.53 bits per heavy atom. The predicted molar refractivity (Wildman–Crippen MR) is 82.3 cm³/mol. The number of hydrogen-bond donors (Lipinski definition) is 1. The van der Waals surface area contributed by atoms with Crippen molar-refractivity contribution in [3.05, 3.63) is 34.9 Å². The number of benzene rings is 1. The zero-order valence-electron chi connectivity index (χ0n) is 12.7. The molecular formula is C17H28N2. The van der Waals surface area contributed by atoms with Crippen molar-refractivity contribution in [2.45, 2.75) is 58.5 Å². The quantitative estimate of drug-likeness (QED) is 0.896. The molecular weight excluding hydrogens is 232 g/mol. The lowest BCUT2D eigenvalue weighted by Gasteiger charge is -2.41. The van der Waals surface area contributed by atoms with E-state index in [2.05, 4.69) is 43.9 Å². The Balaban J connectivity index is 2.33. The highest BCUT2D eigenvalue weighted by molar-refractivity contribution is 5.36. The van der Waals surface area contributed by atoms with Crippen LogP contribution in [-0.2, 0) is 0 Å². The molecule has 2 nitrogen and oxygen atoms in total. The molecule has 2 rings (SSSR count). The van der Waals surface area contributed by atoms with Crippen molar-refractivity contribution in [3.63, 3.8) is 0 Å². The molecule has 1 aliphatic rings. The van der Waals surface area contributed by atoms with E-state index < -0.39 is 0 Å². The van der Waals surface area contributed by atoms with Crippen LogP contribution >= 0.6 is 0 Å². The smallest absolute Gasteiger partial charge is 0.0478 e. The molecule has 2 unspecified atom stereocenters. The van der Waals surface area contributed by atoms with Crippen molar-refractivity contribution in [3.8, 4) is 0 Å². The average molecular weight is 260 g/mol. The van der Waals surface area contributed by atoms with Crippen LogP contribution in [0.5, 0.6) is 0 Å². The van der Waals surface area contributed by atoms with Crippen molar-refractivity contribution in [1.29, 1.82) is 0 Å². The number of piperidine rings is 1. The Kier molecular flexibility index (Phi) is 5.00. The Morgan fingerprint density at radius 1 is 1.26 bits per heavy atom. The van der Waals surface area contributed by atoms with E-state index in [0.717, 1.165) is 6.54 Å². The fourth-order valence-electron chi connectivity index (χ4n) is 3.64. The van der Waals surface area contributed by atoms with Crippen molar-refractivity contribution in [2.24, 2.45) is 5.73 Å². The standard InChI is InChI=1S/C17H28N2/c1-4-15-10-5-6-11-19(15)16(12-18)17-13(2)8-7-9-14(17)3/h7-9,15-16H,4-6,10-12,18H2,1-3H3. The summed E-state index contributed by atoms with van der Waals surface area (Å²) in [6, 6.07) is 7.69. The minimum absolute atomic E-state index is 0.395. The summed E-state index contributed by atoms with van der Waals surface area (Å²) in [6.07, 6.45) is 5.26. The monoisotopic (exact) mass is 260 g/mol. The molecule has 2 atom stereocenters. The normalized spacial score (nSPS) is 22.4. The predicted octanol–water partition coefficient (Wildman–Crippen LogP) is 3.57. The van der Waals surface area contributed by atoms with Crippen LogP contribution in [0.15, 0.2) is 18.2 Å². The van der Waals surface area contributed by atoms with Gasteiger partial charge in [-0.1, -0.05) is 31.5 Å². The van der Waals surface area contributed by atoms with Gasteiger partial charge >= 0.3 is 0 Å². The van der Waals surface area contributed by atoms with Gasteiger partial charge in [-0.3, -0.25) is 4.90 Å². The largest absolute Gasteiger partial charge is 0.329 e. The number of aryl methyl sites for hydroxylation is 2. The Morgan fingerprint density at radius 2 is 1.95 bits per heavy atom. The van der Waals surface area contributed by atoms with Crippen LogP contribution in [0.1, 0.15) is 55.3 Å². The lowest BCUT2D eigenvalue weighted by Crippen LogP contribution is -2.44. The Bertz CT molecular complexity index is 393. The first kappa shape index (κ1) is 14.5. The second kappa shape index (κ2) is 6.53. The van der Waals surface area contributed by atoms with E-state index in [1.165, 1.54) is 48.9 Å². The maximum Gasteiger partial charge on any atom is 0.0478 e. The molecule has 2 N–H and O–H groups in total. The average Bonchev–Trinajstić information content (AvgIpc) is 2.43. The van der Waals surface area contributed by atoms with Gasteiger partial charge in [0, 0.05) is 18.6 Å². The maximum atomic E-state index is 6.15. The topological polar surface area (TPSA) is 29.3 Å². The molecule has 0 spiro atoms. The van der Waals surface area contributed by atoms with Gasteiger partial charge in [0.1, 0.15) is 0 Å². The van der Waals surface area contributed by atoms with Crippen LogP contribution in [0.4, 0.5) is 0 Å². The van der Waals surface area contributed by atoms with Crippen LogP contribution in [0.3, 0.4) is 0 Å². The summed E-state index contributed by atoms with van der Waals surface area (Å²) in [4.78, 5) is 2.67. The second-order valence-corrected chi connectivity index (χ2v) is 5.85. The van der Waals surface area contributed by atoms with Crippen LogP contribution in [0, 0.1) is 13.8 Å². The van der Waals surface area contributed by atoms with Crippen molar-refractivity contribution >= 4 is 0 Å². The van der Waals surface area contributed by atoms with Crippen LogP contribution < -0.4 is 5.73 Å². The van der Waals surface area contributed by atoms with E-state index in [-0.39, 0.29) is 0 Å². The van der Waals surface area contributed by atoms with E-state index >= 15 is 0 Å². The third-order valence-corrected chi connectivity index (χ3v) is 4.64. The number of nitrogens with zero attached hydrogens (tertiary/aromatic N) is 1. The molecule has 106 valence electrons. The number of nitrogens with two attached hydrogens (primary N) is 1. The van der Waals surface area contributed by atoms with E-state index in [9.17, 15) is 0 Å². The van der Waals surface area contributed by atoms with Crippen molar-refractivity contribution in [2.75, 3.05) is 13.1 Å². The molecule has 1 fully saturated rings. The first-order valence-electron chi connectivity index (χ1n) is 7.71. The fourth-order valence-corrected chi connectivity index (χ4v) is 3.64. The molecule has 19 heavy (non-hydrogen) atoms. The number of hydrogen-bond acceptors (Lipinski definition) is 2. The maximum absolute atomic E-state index is 6.15. The molecule has 0 bridgehead atoms. The second-order valence-electron chi connectivity index (χ2n) is 5.85. The van der Waals surface area contributed by atoms with Gasteiger partial charge in [-0.05, 0) is 56.3 Å². The highest BCUT2D eigenvalue weighted by Gasteiger charge is 2.29. The Hall–Kier alpha value is -0.860. The third kappa shape index (κ3) is 3.01. The first-order valence-corrected chi connectivity index (χ1v) is 7.71. The van der Waals surface area contributed by atoms with E-state index in [1.807, 2.05) is 0 Å². The molecule has 1 heterocycles. The molecule has 0 saturated carbocycles. The third-order valence-electron chi connectivity index (χ3n) is 4.64. The summed E-state index contributed by atoms with van der Waals surface area (Å²) in [7, 11) is 0. The number of likely N-dealkylation sites (tertiary alicyclic amines) is 1. The van der Waals surface area contributed by atoms with E-state index in [0.29, 0.717) is 12.1 Å². The van der Waals surface area contributed by atoms with Gasteiger partial charge in [-0.2, -0.15) is 0 Å². The highest BCUT2D eigenvalue weighted by Crippen LogP contribution is 2.32. The summed E-state index contributed by atoms with van der Waals surface area (Å²) in [5, 5.41) is 0. The fraction of sp³-hybridized carbons (Fsp3) is 0.647. The molecule has 1 aliphatic heterocycles. The summed E-state index contributed by atoms with van der Waals surface area (Å²) in [5.74, 6) is 0. The van der Waals surface area contributed by atoms with Crippen LogP contribution in [-0.4, -0.2) is 24.0 Å². The summed E-state index contributed by atoms with van der Waals surface area (Å²) in [6.45, 7) is 8.67.